The molecular formula is C10H9ClO2S. The predicted molar refractivity (Wildman–Crippen MR) is 57.1 cm³/mol. The number of fused-ring (bicyclic) bond motifs is 1. The molecule has 0 aliphatic carbocycles. The van der Waals surface area contributed by atoms with Gasteiger partial charge in [-0.25, -0.2) is 0 Å². The quantitative estimate of drug-likeness (QED) is 0.846. The van der Waals surface area contributed by atoms with Gasteiger partial charge in [0.2, 0.25) is 0 Å². The molecule has 0 saturated carbocycles. The van der Waals surface area contributed by atoms with Gasteiger partial charge in [0.05, 0.1) is 6.42 Å². The number of carboxylic acids is 1. The SMILES string of the molecule is O=C(O)CC1Cc2c(Cl)cccc2S1. The second kappa shape index (κ2) is 3.83. The van der Waals surface area contributed by atoms with E-state index in [1.807, 2.05) is 18.2 Å². The first-order valence-electron chi connectivity index (χ1n) is 4.32. The summed E-state index contributed by atoms with van der Waals surface area (Å²) in [6.45, 7) is 0. The van der Waals surface area contributed by atoms with Gasteiger partial charge >= 0.3 is 5.97 Å². The summed E-state index contributed by atoms with van der Waals surface area (Å²) in [7, 11) is 0. The molecule has 1 aliphatic rings. The molecule has 0 fully saturated rings. The molecule has 1 unspecified atom stereocenters. The van der Waals surface area contributed by atoms with Crippen LogP contribution in [-0.2, 0) is 11.2 Å². The maximum atomic E-state index is 10.5. The zero-order chi connectivity index (χ0) is 10.1. The van der Waals surface area contributed by atoms with Gasteiger partial charge in [-0.2, -0.15) is 0 Å². The Morgan fingerprint density at radius 1 is 1.64 bits per heavy atom. The molecule has 0 amide bonds. The van der Waals surface area contributed by atoms with E-state index >= 15 is 0 Å². The van der Waals surface area contributed by atoms with E-state index in [0.29, 0.717) is 0 Å². The Morgan fingerprint density at radius 3 is 3.07 bits per heavy atom. The van der Waals surface area contributed by atoms with Crippen molar-refractivity contribution < 1.29 is 9.90 Å². The molecule has 0 aromatic heterocycles. The van der Waals surface area contributed by atoms with E-state index in [4.69, 9.17) is 16.7 Å². The standard InChI is InChI=1S/C10H9ClO2S/c11-8-2-1-3-9-7(8)4-6(14-9)5-10(12)13/h1-3,6H,4-5H2,(H,12,13). The molecule has 1 heterocycles. The number of thioether (sulfide) groups is 1. The van der Waals surface area contributed by atoms with Gasteiger partial charge in [-0.1, -0.05) is 17.7 Å². The number of carboxylic acid groups (broad SMARTS) is 1. The Balaban J connectivity index is 2.18. The second-order valence-electron chi connectivity index (χ2n) is 3.26. The molecule has 74 valence electrons. The maximum Gasteiger partial charge on any atom is 0.304 e. The predicted octanol–water partition coefficient (Wildman–Crippen LogP) is 2.83. The molecule has 1 atom stereocenters. The molecule has 2 nitrogen and oxygen atoms in total. The molecule has 14 heavy (non-hydrogen) atoms. The van der Waals surface area contributed by atoms with Crippen molar-refractivity contribution in [1.29, 1.82) is 0 Å². The van der Waals surface area contributed by atoms with Crippen molar-refractivity contribution in [3.8, 4) is 0 Å². The fourth-order valence-electron chi connectivity index (χ4n) is 1.60. The van der Waals surface area contributed by atoms with Gasteiger partial charge in [0.25, 0.3) is 0 Å². The molecule has 0 saturated heterocycles. The number of carbonyl (C=O) groups is 1. The van der Waals surface area contributed by atoms with Gasteiger partial charge in [-0.15, -0.1) is 11.8 Å². The summed E-state index contributed by atoms with van der Waals surface area (Å²) in [5.74, 6) is -0.744. The molecule has 0 radical (unpaired) electrons. The summed E-state index contributed by atoms with van der Waals surface area (Å²) < 4.78 is 0. The van der Waals surface area contributed by atoms with Crippen molar-refractivity contribution in [3.63, 3.8) is 0 Å². The summed E-state index contributed by atoms with van der Waals surface area (Å²) in [6.07, 6.45) is 0.974. The Hall–Kier alpha value is -0.670. The summed E-state index contributed by atoms with van der Waals surface area (Å²) >= 11 is 7.62. The number of aliphatic carboxylic acids is 1. The molecule has 2 rings (SSSR count). The van der Waals surface area contributed by atoms with Crippen LogP contribution in [0.15, 0.2) is 23.1 Å². The number of halogens is 1. The second-order valence-corrected chi connectivity index (χ2v) is 5.01. The van der Waals surface area contributed by atoms with Crippen LogP contribution in [0.2, 0.25) is 5.02 Å². The van der Waals surface area contributed by atoms with Crippen molar-refractivity contribution in [1.82, 2.24) is 0 Å². The van der Waals surface area contributed by atoms with Crippen molar-refractivity contribution in [3.05, 3.63) is 28.8 Å². The first-order chi connectivity index (χ1) is 6.66. The van der Waals surface area contributed by atoms with E-state index < -0.39 is 5.97 Å². The van der Waals surface area contributed by atoms with Gasteiger partial charge in [0.15, 0.2) is 0 Å². The van der Waals surface area contributed by atoms with Crippen LogP contribution in [0.25, 0.3) is 0 Å². The van der Waals surface area contributed by atoms with Gasteiger partial charge in [-0.05, 0) is 24.1 Å². The van der Waals surface area contributed by atoms with Crippen LogP contribution in [0.4, 0.5) is 0 Å². The van der Waals surface area contributed by atoms with Crippen molar-refractivity contribution in [2.24, 2.45) is 0 Å². The van der Waals surface area contributed by atoms with E-state index in [-0.39, 0.29) is 11.7 Å². The Morgan fingerprint density at radius 2 is 2.43 bits per heavy atom. The molecule has 1 N–H and O–H groups in total. The highest BCUT2D eigenvalue weighted by atomic mass is 35.5. The summed E-state index contributed by atoms with van der Waals surface area (Å²) in [5.41, 5.74) is 1.10. The van der Waals surface area contributed by atoms with Crippen LogP contribution in [-0.4, -0.2) is 16.3 Å². The average Bonchev–Trinajstić information content (AvgIpc) is 2.47. The highest BCUT2D eigenvalue weighted by molar-refractivity contribution is 8.00. The van der Waals surface area contributed by atoms with Crippen LogP contribution >= 0.6 is 23.4 Å². The largest absolute Gasteiger partial charge is 0.481 e. The van der Waals surface area contributed by atoms with Gasteiger partial charge in [-0.3, -0.25) is 4.79 Å². The third-order valence-electron chi connectivity index (χ3n) is 2.20. The smallest absolute Gasteiger partial charge is 0.304 e. The van der Waals surface area contributed by atoms with E-state index in [2.05, 4.69) is 0 Å². The lowest BCUT2D eigenvalue weighted by atomic mass is 10.1. The molecule has 0 spiro atoms. The minimum Gasteiger partial charge on any atom is -0.481 e. The van der Waals surface area contributed by atoms with Crippen molar-refractivity contribution in [2.75, 3.05) is 0 Å². The van der Waals surface area contributed by atoms with E-state index in [1.165, 1.54) is 0 Å². The van der Waals surface area contributed by atoms with Crippen LogP contribution in [0, 0.1) is 0 Å². The minimum absolute atomic E-state index is 0.141. The van der Waals surface area contributed by atoms with E-state index in [1.54, 1.807) is 11.8 Å². The molecule has 4 heteroatoms. The lowest BCUT2D eigenvalue weighted by molar-refractivity contribution is -0.136. The zero-order valence-electron chi connectivity index (χ0n) is 7.37. The lowest BCUT2D eigenvalue weighted by Gasteiger charge is -2.02. The molecule has 1 aromatic carbocycles. The fourth-order valence-corrected chi connectivity index (χ4v) is 3.24. The van der Waals surface area contributed by atoms with Crippen molar-refractivity contribution >= 4 is 29.3 Å². The highest BCUT2D eigenvalue weighted by Gasteiger charge is 2.25. The minimum atomic E-state index is -0.744. The topological polar surface area (TPSA) is 37.3 Å². The zero-order valence-corrected chi connectivity index (χ0v) is 8.94. The summed E-state index contributed by atoms with van der Waals surface area (Å²) in [6, 6.07) is 5.75. The maximum absolute atomic E-state index is 10.5. The molecular weight excluding hydrogens is 220 g/mol. The first-order valence-corrected chi connectivity index (χ1v) is 5.58. The molecule has 0 bridgehead atoms. The summed E-state index contributed by atoms with van der Waals surface area (Å²) in [4.78, 5) is 11.7. The third kappa shape index (κ3) is 1.88. The fraction of sp³-hybridized carbons (Fsp3) is 0.300. The average molecular weight is 229 g/mol. The van der Waals surface area contributed by atoms with Crippen LogP contribution in [0.1, 0.15) is 12.0 Å². The lowest BCUT2D eigenvalue weighted by Crippen LogP contribution is -2.08. The Kier molecular flexibility index (Phi) is 2.70. The molecule has 1 aliphatic heterocycles. The van der Waals surface area contributed by atoms with Gasteiger partial charge in [0.1, 0.15) is 0 Å². The van der Waals surface area contributed by atoms with E-state index in [9.17, 15) is 4.79 Å². The number of benzene rings is 1. The Labute approximate surface area is 91.3 Å². The van der Waals surface area contributed by atoms with Crippen molar-refractivity contribution in [2.45, 2.75) is 23.0 Å². The Bertz CT molecular complexity index is 378. The molecule has 1 aromatic rings. The monoisotopic (exact) mass is 228 g/mol. The number of hydrogen-bond donors (Lipinski definition) is 1. The number of rotatable bonds is 2. The normalized spacial score (nSPS) is 19.4. The first kappa shape index (κ1) is 9.87. The van der Waals surface area contributed by atoms with E-state index in [0.717, 1.165) is 21.9 Å². The number of hydrogen-bond acceptors (Lipinski definition) is 2. The van der Waals surface area contributed by atoms with Crippen LogP contribution in [0.5, 0.6) is 0 Å². The highest BCUT2D eigenvalue weighted by Crippen LogP contribution is 2.41. The van der Waals surface area contributed by atoms with Gasteiger partial charge in [0, 0.05) is 15.2 Å². The van der Waals surface area contributed by atoms with Gasteiger partial charge < -0.3 is 5.11 Å². The van der Waals surface area contributed by atoms with Crippen LogP contribution < -0.4 is 0 Å². The van der Waals surface area contributed by atoms with Crippen LogP contribution in [0.3, 0.4) is 0 Å². The third-order valence-corrected chi connectivity index (χ3v) is 3.86. The summed E-state index contributed by atoms with van der Waals surface area (Å²) in [5, 5.41) is 9.57.